The highest BCUT2D eigenvalue weighted by atomic mass is 16.4. The Morgan fingerprint density at radius 2 is 1.64 bits per heavy atom. The molecule has 1 aromatic carbocycles. The van der Waals surface area contributed by atoms with Crippen molar-refractivity contribution in [3.8, 4) is 0 Å². The van der Waals surface area contributed by atoms with Crippen LogP contribution < -0.4 is 10.6 Å². The molecule has 3 N–H and O–H groups in total. The quantitative estimate of drug-likeness (QED) is 0.721. The summed E-state index contributed by atoms with van der Waals surface area (Å²) < 4.78 is 0. The number of benzene rings is 1. The van der Waals surface area contributed by atoms with Crippen LogP contribution in [0.5, 0.6) is 0 Å². The number of anilines is 1. The van der Waals surface area contributed by atoms with Crippen LogP contribution in [0.1, 0.15) is 50.4 Å². The van der Waals surface area contributed by atoms with Gasteiger partial charge in [-0.25, -0.2) is 0 Å². The lowest BCUT2D eigenvalue weighted by molar-refractivity contribution is -0.138. The van der Waals surface area contributed by atoms with Gasteiger partial charge >= 0.3 is 5.97 Å². The molecule has 0 aliphatic rings. The molecule has 6 nitrogen and oxygen atoms in total. The summed E-state index contributed by atoms with van der Waals surface area (Å²) >= 11 is 0. The Bertz CT molecular complexity index is 548. The minimum Gasteiger partial charge on any atom is -0.481 e. The predicted molar refractivity (Wildman–Crippen MR) is 83.8 cm³/mol. The molecule has 0 atom stereocenters. The van der Waals surface area contributed by atoms with Crippen molar-refractivity contribution >= 4 is 23.5 Å². The van der Waals surface area contributed by atoms with Gasteiger partial charge in [0.1, 0.15) is 0 Å². The molecule has 0 saturated carbocycles. The first-order valence-electron chi connectivity index (χ1n) is 7.24. The molecule has 6 heteroatoms. The molecule has 1 aromatic rings. The molecule has 0 fully saturated rings. The Morgan fingerprint density at radius 1 is 1.09 bits per heavy atom. The van der Waals surface area contributed by atoms with Gasteiger partial charge in [-0.3, -0.25) is 14.4 Å². The van der Waals surface area contributed by atoms with E-state index in [-0.39, 0.29) is 18.2 Å². The Hall–Kier alpha value is -2.37. The van der Waals surface area contributed by atoms with Gasteiger partial charge in [0, 0.05) is 18.2 Å². The van der Waals surface area contributed by atoms with Crippen molar-refractivity contribution in [2.75, 3.05) is 5.32 Å². The fourth-order valence-electron chi connectivity index (χ4n) is 2.23. The number of carboxylic acid groups (broad SMARTS) is 1. The first kappa shape index (κ1) is 17.7. The van der Waals surface area contributed by atoms with Crippen LogP contribution in [0.4, 0.5) is 5.69 Å². The fourth-order valence-corrected chi connectivity index (χ4v) is 2.23. The molecule has 0 aliphatic heterocycles. The van der Waals surface area contributed by atoms with Crippen molar-refractivity contribution in [1.82, 2.24) is 5.32 Å². The number of hydrogen-bond acceptors (Lipinski definition) is 3. The standard InChI is InChI=1S/C16H22N2O4/c1-4-16(5-2,10-14(20)21)18-15(22)12-6-8-13(9-7-12)17-11(3)19/h6-9H,4-5,10H2,1-3H3,(H,17,19)(H,18,22)(H,20,21). The van der Waals surface area contributed by atoms with Crippen LogP contribution in [-0.2, 0) is 9.59 Å². The lowest BCUT2D eigenvalue weighted by Gasteiger charge is -2.31. The summed E-state index contributed by atoms with van der Waals surface area (Å²) in [7, 11) is 0. The third-order valence-corrected chi connectivity index (χ3v) is 3.69. The van der Waals surface area contributed by atoms with Crippen LogP contribution in [0.3, 0.4) is 0 Å². The number of aliphatic carboxylic acids is 1. The minimum atomic E-state index is -0.940. The Kier molecular flexibility index (Phi) is 6.10. The lowest BCUT2D eigenvalue weighted by atomic mass is 9.88. The summed E-state index contributed by atoms with van der Waals surface area (Å²) in [5.41, 5.74) is 0.275. The first-order valence-corrected chi connectivity index (χ1v) is 7.24. The van der Waals surface area contributed by atoms with E-state index in [4.69, 9.17) is 5.11 Å². The van der Waals surface area contributed by atoms with E-state index in [2.05, 4.69) is 10.6 Å². The third-order valence-electron chi connectivity index (χ3n) is 3.69. The largest absolute Gasteiger partial charge is 0.481 e. The van der Waals surface area contributed by atoms with E-state index in [0.717, 1.165) is 0 Å². The summed E-state index contributed by atoms with van der Waals surface area (Å²) in [6, 6.07) is 6.45. The zero-order valence-electron chi connectivity index (χ0n) is 13.1. The van der Waals surface area contributed by atoms with Crippen LogP contribution in [-0.4, -0.2) is 28.4 Å². The number of hydrogen-bond donors (Lipinski definition) is 3. The molecule has 120 valence electrons. The predicted octanol–water partition coefficient (Wildman–Crippen LogP) is 2.41. The van der Waals surface area contributed by atoms with Crippen LogP contribution in [0.2, 0.25) is 0 Å². The maximum absolute atomic E-state index is 12.3. The lowest BCUT2D eigenvalue weighted by Crippen LogP contribution is -2.49. The normalized spacial score (nSPS) is 10.9. The van der Waals surface area contributed by atoms with E-state index in [1.807, 2.05) is 13.8 Å². The molecule has 0 heterocycles. The molecule has 0 saturated heterocycles. The highest BCUT2D eigenvalue weighted by Crippen LogP contribution is 2.21. The summed E-state index contributed by atoms with van der Waals surface area (Å²) in [4.78, 5) is 34.3. The molecule has 0 spiro atoms. The maximum Gasteiger partial charge on any atom is 0.305 e. The Morgan fingerprint density at radius 3 is 2.05 bits per heavy atom. The smallest absolute Gasteiger partial charge is 0.305 e. The SMILES string of the molecule is CCC(CC)(CC(=O)O)NC(=O)c1ccc(NC(C)=O)cc1. The van der Waals surface area contributed by atoms with Crippen molar-refractivity contribution in [2.24, 2.45) is 0 Å². The van der Waals surface area contributed by atoms with Gasteiger partial charge < -0.3 is 15.7 Å². The second-order valence-electron chi connectivity index (χ2n) is 5.27. The molecule has 2 amide bonds. The molecular weight excluding hydrogens is 284 g/mol. The molecule has 0 bridgehead atoms. The van der Waals surface area contributed by atoms with E-state index < -0.39 is 11.5 Å². The average Bonchev–Trinajstić information content (AvgIpc) is 2.46. The number of carbonyl (C=O) groups is 3. The third kappa shape index (κ3) is 4.87. The summed E-state index contributed by atoms with van der Waals surface area (Å²) in [5, 5.41) is 14.5. The van der Waals surface area contributed by atoms with Gasteiger partial charge in [0.2, 0.25) is 5.91 Å². The second-order valence-corrected chi connectivity index (χ2v) is 5.27. The molecule has 22 heavy (non-hydrogen) atoms. The van der Waals surface area contributed by atoms with Crippen LogP contribution in [0.25, 0.3) is 0 Å². The summed E-state index contributed by atoms with van der Waals surface area (Å²) in [6.07, 6.45) is 0.951. The van der Waals surface area contributed by atoms with Crippen molar-refractivity contribution in [2.45, 2.75) is 45.6 Å². The molecule has 0 unspecified atom stereocenters. The molecule has 0 radical (unpaired) electrons. The highest BCUT2D eigenvalue weighted by molar-refractivity contribution is 5.96. The van der Waals surface area contributed by atoms with Crippen molar-refractivity contribution in [1.29, 1.82) is 0 Å². The maximum atomic E-state index is 12.3. The van der Waals surface area contributed by atoms with E-state index in [9.17, 15) is 14.4 Å². The zero-order valence-corrected chi connectivity index (χ0v) is 13.1. The van der Waals surface area contributed by atoms with E-state index in [1.165, 1.54) is 6.92 Å². The number of carboxylic acids is 1. The number of amides is 2. The van der Waals surface area contributed by atoms with E-state index >= 15 is 0 Å². The topological polar surface area (TPSA) is 95.5 Å². The van der Waals surface area contributed by atoms with Gasteiger partial charge in [0.25, 0.3) is 5.91 Å². The van der Waals surface area contributed by atoms with Crippen molar-refractivity contribution in [3.05, 3.63) is 29.8 Å². The van der Waals surface area contributed by atoms with Gasteiger partial charge in [-0.1, -0.05) is 13.8 Å². The molecule has 0 aliphatic carbocycles. The van der Waals surface area contributed by atoms with Crippen molar-refractivity contribution < 1.29 is 19.5 Å². The zero-order chi connectivity index (χ0) is 16.8. The second kappa shape index (κ2) is 7.59. The van der Waals surface area contributed by atoms with Gasteiger partial charge in [-0.15, -0.1) is 0 Å². The minimum absolute atomic E-state index is 0.115. The van der Waals surface area contributed by atoms with E-state index in [0.29, 0.717) is 24.1 Å². The summed E-state index contributed by atoms with van der Waals surface area (Å²) in [6.45, 7) is 5.11. The van der Waals surface area contributed by atoms with Gasteiger partial charge in [0.15, 0.2) is 0 Å². The van der Waals surface area contributed by atoms with Crippen molar-refractivity contribution in [3.63, 3.8) is 0 Å². The monoisotopic (exact) mass is 306 g/mol. The number of carbonyl (C=O) groups excluding carboxylic acids is 2. The first-order chi connectivity index (χ1) is 10.3. The van der Waals surface area contributed by atoms with Gasteiger partial charge in [-0.2, -0.15) is 0 Å². The Labute approximate surface area is 129 Å². The fraction of sp³-hybridized carbons (Fsp3) is 0.438. The van der Waals surface area contributed by atoms with Crippen LogP contribution >= 0.6 is 0 Å². The van der Waals surface area contributed by atoms with Gasteiger partial charge in [0.05, 0.1) is 12.0 Å². The van der Waals surface area contributed by atoms with Gasteiger partial charge in [-0.05, 0) is 37.1 Å². The number of nitrogens with one attached hydrogen (secondary N) is 2. The molecular formula is C16H22N2O4. The number of rotatable bonds is 7. The molecule has 0 aromatic heterocycles. The highest BCUT2D eigenvalue weighted by Gasteiger charge is 2.31. The Balaban J connectivity index is 2.86. The molecule has 1 rings (SSSR count). The van der Waals surface area contributed by atoms with Crippen LogP contribution in [0.15, 0.2) is 24.3 Å². The van der Waals surface area contributed by atoms with Crippen LogP contribution in [0, 0.1) is 0 Å². The summed E-state index contributed by atoms with van der Waals surface area (Å²) in [5.74, 6) is -1.45. The van der Waals surface area contributed by atoms with E-state index in [1.54, 1.807) is 24.3 Å². The average molecular weight is 306 g/mol.